The molecule has 2 amide bonds. The summed E-state index contributed by atoms with van der Waals surface area (Å²) in [4.78, 5) is 27.4. The number of nitrogens with one attached hydrogen (secondary N) is 1. The predicted molar refractivity (Wildman–Crippen MR) is 133 cm³/mol. The molecule has 1 unspecified atom stereocenters. The lowest BCUT2D eigenvalue weighted by molar-refractivity contribution is -0.139. The van der Waals surface area contributed by atoms with E-state index in [1.54, 1.807) is 79.7 Å². The average Bonchev–Trinajstić information content (AvgIpc) is 2.85. The number of carbonyl (C=O) groups excluding carboxylic acids is 2. The maximum atomic E-state index is 13.6. The standard InChI is InChI=1S/C25H26ClN3O4S/c1-19(25(31)27-2)28(17-20-10-9-11-21(26)16-20)24(30)18-29(22-12-5-3-6-13-22)34(32,33)23-14-7-4-8-15-23/h3-16,19H,17-18H2,1-2H3,(H,27,31). The van der Waals surface area contributed by atoms with Crippen molar-refractivity contribution in [2.24, 2.45) is 0 Å². The molecule has 0 aromatic heterocycles. The Kier molecular flexibility index (Phi) is 8.31. The molecule has 0 spiro atoms. The summed E-state index contributed by atoms with van der Waals surface area (Å²) in [5.74, 6) is -0.896. The van der Waals surface area contributed by atoms with E-state index in [-0.39, 0.29) is 17.3 Å². The smallest absolute Gasteiger partial charge is 0.264 e. The minimum atomic E-state index is -4.05. The van der Waals surface area contributed by atoms with E-state index in [9.17, 15) is 18.0 Å². The highest BCUT2D eigenvalue weighted by Gasteiger charge is 2.32. The summed E-state index contributed by atoms with van der Waals surface area (Å²) in [6.45, 7) is 1.20. The number of sulfonamides is 1. The van der Waals surface area contributed by atoms with Crippen molar-refractivity contribution in [1.29, 1.82) is 0 Å². The second kappa shape index (κ2) is 11.2. The van der Waals surface area contributed by atoms with Crippen LogP contribution in [0.1, 0.15) is 12.5 Å². The summed E-state index contributed by atoms with van der Waals surface area (Å²) in [7, 11) is -2.57. The quantitative estimate of drug-likeness (QED) is 0.486. The first kappa shape index (κ1) is 25.3. The number of para-hydroxylation sites is 1. The Hall–Kier alpha value is -3.36. The highest BCUT2D eigenvalue weighted by Crippen LogP contribution is 2.24. The molecule has 1 atom stereocenters. The number of rotatable bonds is 9. The maximum absolute atomic E-state index is 13.6. The molecule has 0 aliphatic heterocycles. The van der Waals surface area contributed by atoms with Gasteiger partial charge in [0.25, 0.3) is 10.0 Å². The van der Waals surface area contributed by atoms with E-state index in [2.05, 4.69) is 5.32 Å². The predicted octanol–water partition coefficient (Wildman–Crippen LogP) is 3.70. The van der Waals surface area contributed by atoms with E-state index >= 15 is 0 Å². The highest BCUT2D eigenvalue weighted by molar-refractivity contribution is 7.92. The fourth-order valence-electron chi connectivity index (χ4n) is 3.47. The zero-order valence-electron chi connectivity index (χ0n) is 18.9. The van der Waals surface area contributed by atoms with Crippen molar-refractivity contribution in [2.75, 3.05) is 17.9 Å². The van der Waals surface area contributed by atoms with Crippen LogP contribution in [0.3, 0.4) is 0 Å². The molecule has 3 rings (SSSR count). The average molecular weight is 500 g/mol. The third-order valence-electron chi connectivity index (χ3n) is 5.31. The van der Waals surface area contributed by atoms with Crippen molar-refractivity contribution in [1.82, 2.24) is 10.2 Å². The number of halogens is 1. The molecule has 9 heteroatoms. The van der Waals surface area contributed by atoms with Gasteiger partial charge in [-0.05, 0) is 48.9 Å². The lowest BCUT2D eigenvalue weighted by Crippen LogP contribution is -2.50. The Morgan fingerprint density at radius 3 is 2.15 bits per heavy atom. The van der Waals surface area contributed by atoms with Gasteiger partial charge in [0.2, 0.25) is 11.8 Å². The van der Waals surface area contributed by atoms with Gasteiger partial charge in [0.1, 0.15) is 12.6 Å². The second-order valence-electron chi connectivity index (χ2n) is 7.60. The third kappa shape index (κ3) is 5.95. The van der Waals surface area contributed by atoms with Gasteiger partial charge in [-0.15, -0.1) is 0 Å². The van der Waals surface area contributed by atoms with Crippen molar-refractivity contribution in [3.8, 4) is 0 Å². The van der Waals surface area contributed by atoms with Gasteiger partial charge in [-0.3, -0.25) is 13.9 Å². The molecular weight excluding hydrogens is 474 g/mol. The van der Waals surface area contributed by atoms with E-state index < -0.39 is 28.5 Å². The van der Waals surface area contributed by atoms with E-state index in [4.69, 9.17) is 11.6 Å². The molecule has 34 heavy (non-hydrogen) atoms. The number of nitrogens with zero attached hydrogens (tertiary/aromatic N) is 2. The molecule has 0 saturated heterocycles. The summed E-state index contributed by atoms with van der Waals surface area (Å²) < 4.78 is 28.1. The fourth-order valence-corrected chi connectivity index (χ4v) is 5.11. The number of benzene rings is 3. The Bertz CT molecular complexity index is 1240. The SMILES string of the molecule is CNC(=O)C(C)N(Cc1cccc(Cl)c1)C(=O)CN(c1ccccc1)S(=O)(=O)c1ccccc1. The molecule has 0 fully saturated rings. The number of anilines is 1. The summed E-state index contributed by atoms with van der Waals surface area (Å²) in [5.41, 5.74) is 1.06. The van der Waals surface area contributed by atoms with Gasteiger partial charge < -0.3 is 10.2 Å². The van der Waals surface area contributed by atoms with Crippen molar-refractivity contribution >= 4 is 39.1 Å². The Morgan fingerprint density at radius 1 is 0.941 bits per heavy atom. The van der Waals surface area contributed by atoms with Crippen molar-refractivity contribution in [3.05, 3.63) is 95.5 Å². The van der Waals surface area contributed by atoms with Gasteiger partial charge in [0.05, 0.1) is 10.6 Å². The van der Waals surface area contributed by atoms with Gasteiger partial charge in [0.15, 0.2) is 0 Å². The van der Waals surface area contributed by atoms with Crippen molar-refractivity contribution in [2.45, 2.75) is 24.4 Å². The summed E-state index contributed by atoms with van der Waals surface area (Å²) in [6, 6.07) is 22.4. The van der Waals surface area contributed by atoms with E-state index in [1.807, 2.05) is 0 Å². The fraction of sp³-hybridized carbons (Fsp3) is 0.200. The van der Waals surface area contributed by atoms with Crippen LogP contribution in [0.5, 0.6) is 0 Å². The number of hydrogen-bond acceptors (Lipinski definition) is 4. The molecule has 7 nitrogen and oxygen atoms in total. The molecule has 178 valence electrons. The monoisotopic (exact) mass is 499 g/mol. The molecule has 0 aliphatic rings. The molecule has 0 bridgehead atoms. The number of likely N-dealkylation sites (N-methyl/N-ethyl adjacent to an activating group) is 1. The topological polar surface area (TPSA) is 86.8 Å². The molecular formula is C25H26ClN3O4S. The van der Waals surface area contributed by atoms with Crippen LogP contribution in [0.15, 0.2) is 89.8 Å². The minimum Gasteiger partial charge on any atom is -0.357 e. The summed E-state index contributed by atoms with van der Waals surface area (Å²) in [5, 5.41) is 3.04. The van der Waals surface area contributed by atoms with Gasteiger partial charge in [0, 0.05) is 18.6 Å². The van der Waals surface area contributed by atoms with Gasteiger partial charge >= 0.3 is 0 Å². The van der Waals surface area contributed by atoms with Crippen molar-refractivity contribution in [3.63, 3.8) is 0 Å². The van der Waals surface area contributed by atoms with Crippen LogP contribution >= 0.6 is 11.6 Å². The molecule has 0 radical (unpaired) electrons. The van der Waals surface area contributed by atoms with Gasteiger partial charge in [-0.25, -0.2) is 8.42 Å². The van der Waals surface area contributed by atoms with Crippen LogP contribution in [0.4, 0.5) is 5.69 Å². The van der Waals surface area contributed by atoms with Crippen LogP contribution in [0, 0.1) is 0 Å². The van der Waals surface area contributed by atoms with Crippen LogP contribution in [0.2, 0.25) is 5.02 Å². The zero-order chi connectivity index (χ0) is 24.7. The van der Waals surface area contributed by atoms with Gasteiger partial charge in [-0.2, -0.15) is 0 Å². The first-order chi connectivity index (χ1) is 16.2. The second-order valence-corrected chi connectivity index (χ2v) is 9.90. The van der Waals surface area contributed by atoms with E-state index in [0.29, 0.717) is 16.3 Å². The number of hydrogen-bond donors (Lipinski definition) is 1. The number of amides is 2. The largest absolute Gasteiger partial charge is 0.357 e. The van der Waals surface area contributed by atoms with Crippen LogP contribution in [-0.4, -0.2) is 44.8 Å². The normalized spacial score (nSPS) is 12.0. The first-order valence-electron chi connectivity index (χ1n) is 10.6. The summed E-state index contributed by atoms with van der Waals surface area (Å²) >= 11 is 6.10. The lowest BCUT2D eigenvalue weighted by Gasteiger charge is -2.31. The van der Waals surface area contributed by atoms with Crippen LogP contribution in [0.25, 0.3) is 0 Å². The Morgan fingerprint density at radius 2 is 1.56 bits per heavy atom. The van der Waals surface area contributed by atoms with Crippen LogP contribution in [-0.2, 0) is 26.2 Å². The molecule has 1 N–H and O–H groups in total. The van der Waals surface area contributed by atoms with E-state index in [0.717, 1.165) is 4.31 Å². The molecule has 3 aromatic carbocycles. The van der Waals surface area contributed by atoms with Crippen LogP contribution < -0.4 is 9.62 Å². The minimum absolute atomic E-state index is 0.0624. The van der Waals surface area contributed by atoms with E-state index in [1.165, 1.54) is 24.1 Å². The molecule has 3 aromatic rings. The third-order valence-corrected chi connectivity index (χ3v) is 7.33. The molecule has 0 heterocycles. The van der Waals surface area contributed by atoms with Crippen molar-refractivity contribution < 1.29 is 18.0 Å². The maximum Gasteiger partial charge on any atom is 0.264 e. The first-order valence-corrected chi connectivity index (χ1v) is 12.4. The summed E-state index contributed by atoms with van der Waals surface area (Å²) in [6.07, 6.45) is 0. The Balaban J connectivity index is 1.99. The molecule has 0 aliphatic carbocycles. The number of carbonyl (C=O) groups is 2. The molecule has 0 saturated carbocycles. The zero-order valence-corrected chi connectivity index (χ0v) is 20.5. The van der Waals surface area contributed by atoms with Gasteiger partial charge in [-0.1, -0.05) is 60.1 Å². The lowest BCUT2D eigenvalue weighted by atomic mass is 10.1. The highest BCUT2D eigenvalue weighted by atomic mass is 35.5. The Labute approximate surface area is 205 Å².